The summed E-state index contributed by atoms with van der Waals surface area (Å²) in [6.45, 7) is 3.30. The molecule has 3 aliphatic heterocycles. The zero-order chi connectivity index (χ0) is 30.4. The zero-order valence-corrected chi connectivity index (χ0v) is 25.3. The summed E-state index contributed by atoms with van der Waals surface area (Å²) in [5, 5.41) is 24.4. The number of carbonyl (C=O) groups excluding carboxylic acids is 1. The minimum atomic E-state index is -4.18. The molecule has 1 unspecified atom stereocenters. The molecule has 12 nitrogen and oxygen atoms in total. The lowest BCUT2D eigenvalue weighted by atomic mass is 10.0. The molecule has 43 heavy (non-hydrogen) atoms. The van der Waals surface area contributed by atoms with E-state index >= 15 is 0 Å². The highest BCUT2D eigenvalue weighted by Gasteiger charge is 2.44. The molecule has 3 aliphatic rings. The number of phenolic OH excluding ortho intramolecular Hbond substituents is 1. The summed E-state index contributed by atoms with van der Waals surface area (Å²) in [4.78, 5) is 15.0. The lowest BCUT2D eigenvalue weighted by molar-refractivity contribution is -0.0907. The Bertz CT molecular complexity index is 1330. The number of hydrogen-bond acceptors (Lipinski definition) is 10. The third-order valence-electron chi connectivity index (χ3n) is 8.03. The number of carbonyl (C=O) groups is 1. The minimum Gasteiger partial charge on any atom is -0.506 e. The monoisotopic (exact) mass is 639 g/mol. The number of sulfonamides is 1. The van der Waals surface area contributed by atoms with Crippen molar-refractivity contribution >= 4 is 27.7 Å². The van der Waals surface area contributed by atoms with Gasteiger partial charge in [-0.3, -0.25) is 4.90 Å². The van der Waals surface area contributed by atoms with Crippen molar-refractivity contribution in [2.45, 2.75) is 42.3 Å². The molecule has 3 N–H and O–H groups in total. The van der Waals surface area contributed by atoms with Gasteiger partial charge in [0.25, 0.3) is 0 Å². The maximum atomic E-state index is 13.8. The fourth-order valence-electron chi connectivity index (χ4n) is 5.55. The van der Waals surface area contributed by atoms with Gasteiger partial charge in [0.2, 0.25) is 10.0 Å². The Balaban J connectivity index is 1.34. The van der Waals surface area contributed by atoms with E-state index in [0.717, 1.165) is 18.1 Å². The summed E-state index contributed by atoms with van der Waals surface area (Å²) in [6, 6.07) is 12.1. The van der Waals surface area contributed by atoms with Crippen molar-refractivity contribution in [1.29, 1.82) is 0 Å². The molecule has 2 aromatic carbocycles. The first-order valence-electron chi connectivity index (χ1n) is 14.4. The van der Waals surface area contributed by atoms with Crippen LogP contribution in [0.15, 0.2) is 53.4 Å². The van der Waals surface area contributed by atoms with Gasteiger partial charge in [-0.25, -0.2) is 13.2 Å². The number of benzene rings is 2. The summed E-state index contributed by atoms with van der Waals surface area (Å²) in [5.74, 6) is -0.423. The second-order valence-corrected chi connectivity index (χ2v) is 13.3. The molecule has 5 atom stereocenters. The van der Waals surface area contributed by atoms with Gasteiger partial charge in [0.05, 0.1) is 54.4 Å². The average Bonchev–Trinajstić information content (AvgIpc) is 3.62. The average molecular weight is 640 g/mol. The van der Waals surface area contributed by atoms with E-state index in [1.54, 1.807) is 0 Å². The van der Waals surface area contributed by atoms with Crippen LogP contribution in [0.5, 0.6) is 5.75 Å². The Morgan fingerprint density at radius 1 is 1.14 bits per heavy atom. The summed E-state index contributed by atoms with van der Waals surface area (Å²) in [6.07, 6.45) is -1.96. The van der Waals surface area contributed by atoms with Crippen LogP contribution in [0.25, 0.3) is 0 Å². The van der Waals surface area contributed by atoms with Gasteiger partial charge in [0.1, 0.15) is 11.9 Å². The Morgan fingerprint density at radius 2 is 1.91 bits per heavy atom. The summed E-state index contributed by atoms with van der Waals surface area (Å²) in [5.41, 5.74) is 0.839. The number of amides is 1. The molecule has 3 heterocycles. The van der Waals surface area contributed by atoms with Crippen molar-refractivity contribution in [3.8, 4) is 5.75 Å². The molecular weight excluding hydrogens is 602 g/mol. The normalized spacial score (nSPS) is 24.0. The molecule has 5 rings (SSSR count). The van der Waals surface area contributed by atoms with Crippen molar-refractivity contribution in [3.63, 3.8) is 0 Å². The quantitative estimate of drug-likeness (QED) is 0.314. The van der Waals surface area contributed by atoms with Crippen LogP contribution in [0, 0.1) is 5.92 Å². The van der Waals surface area contributed by atoms with E-state index < -0.39 is 34.4 Å². The number of aliphatic hydroxyl groups is 1. The van der Waals surface area contributed by atoms with Crippen molar-refractivity contribution in [1.82, 2.24) is 14.5 Å². The van der Waals surface area contributed by atoms with Crippen LogP contribution in [0.1, 0.15) is 12.0 Å². The van der Waals surface area contributed by atoms with Gasteiger partial charge in [0.15, 0.2) is 6.29 Å². The van der Waals surface area contributed by atoms with Gasteiger partial charge in [-0.05, 0) is 30.5 Å². The van der Waals surface area contributed by atoms with Gasteiger partial charge in [-0.1, -0.05) is 41.9 Å². The lowest BCUT2D eigenvalue weighted by Crippen LogP contribution is -2.52. The molecule has 3 fully saturated rings. The molecule has 0 spiro atoms. The van der Waals surface area contributed by atoms with Crippen LogP contribution >= 0.6 is 11.6 Å². The number of halogens is 1. The van der Waals surface area contributed by atoms with Gasteiger partial charge in [-0.15, -0.1) is 0 Å². The number of rotatable bonds is 12. The first-order valence-corrected chi connectivity index (χ1v) is 16.2. The minimum absolute atomic E-state index is 0.0210. The first kappa shape index (κ1) is 31.9. The van der Waals surface area contributed by atoms with E-state index in [1.165, 1.54) is 16.4 Å². The highest BCUT2D eigenvalue weighted by atomic mass is 35.5. The number of nitrogens with one attached hydrogen (secondary N) is 1. The predicted octanol–water partition coefficient (Wildman–Crippen LogP) is 1.83. The SMILES string of the molecule is O=C(N[C@@H](Cc1ccccc1)[C@H](O)CN(CCN1CCOCC1)S(=O)(=O)c1ccc(Cl)c(O)c1)O[C@H]1CO[C@H]2OCCC21. The van der Waals surface area contributed by atoms with Crippen LogP contribution in [0.3, 0.4) is 0 Å². The van der Waals surface area contributed by atoms with Gasteiger partial charge in [0, 0.05) is 38.8 Å². The molecule has 236 valence electrons. The Kier molecular flexibility index (Phi) is 10.8. The maximum Gasteiger partial charge on any atom is 0.407 e. The van der Waals surface area contributed by atoms with Crippen LogP contribution in [0.4, 0.5) is 4.79 Å². The molecule has 14 heteroatoms. The van der Waals surface area contributed by atoms with E-state index in [2.05, 4.69) is 10.2 Å². The molecule has 1 amide bonds. The van der Waals surface area contributed by atoms with Gasteiger partial charge < -0.3 is 34.5 Å². The van der Waals surface area contributed by atoms with Crippen LogP contribution in [0.2, 0.25) is 5.02 Å². The molecule has 0 bridgehead atoms. The topological polar surface area (TPSA) is 147 Å². The molecule has 0 radical (unpaired) electrons. The van der Waals surface area contributed by atoms with Crippen molar-refractivity contribution in [2.24, 2.45) is 5.92 Å². The number of hydrogen-bond donors (Lipinski definition) is 3. The van der Waals surface area contributed by atoms with E-state index in [1.807, 2.05) is 30.3 Å². The highest BCUT2D eigenvalue weighted by molar-refractivity contribution is 7.89. The second-order valence-electron chi connectivity index (χ2n) is 10.9. The van der Waals surface area contributed by atoms with E-state index in [0.29, 0.717) is 39.5 Å². The molecule has 0 saturated carbocycles. The molecule has 3 saturated heterocycles. The lowest BCUT2D eigenvalue weighted by Gasteiger charge is -2.32. The molecule has 0 aromatic heterocycles. The number of aliphatic hydroxyl groups excluding tert-OH is 1. The summed E-state index contributed by atoms with van der Waals surface area (Å²) >= 11 is 5.93. The number of ether oxygens (including phenoxy) is 4. The first-order chi connectivity index (χ1) is 20.7. The fourth-order valence-corrected chi connectivity index (χ4v) is 7.13. The van der Waals surface area contributed by atoms with Crippen LogP contribution in [-0.4, -0.2) is 118 Å². The molecule has 0 aliphatic carbocycles. The third-order valence-corrected chi connectivity index (χ3v) is 10.2. The van der Waals surface area contributed by atoms with E-state index in [9.17, 15) is 23.4 Å². The predicted molar refractivity (Wildman–Crippen MR) is 156 cm³/mol. The van der Waals surface area contributed by atoms with Crippen molar-refractivity contribution in [3.05, 3.63) is 59.1 Å². The van der Waals surface area contributed by atoms with Gasteiger partial charge in [-0.2, -0.15) is 4.31 Å². The van der Waals surface area contributed by atoms with E-state index in [-0.39, 0.29) is 54.0 Å². The van der Waals surface area contributed by atoms with Crippen molar-refractivity contribution < 1.29 is 42.4 Å². The Morgan fingerprint density at radius 3 is 2.65 bits per heavy atom. The molecule has 2 aromatic rings. The maximum absolute atomic E-state index is 13.8. The summed E-state index contributed by atoms with van der Waals surface area (Å²) < 4.78 is 51.0. The number of alkyl carbamates (subject to hydrolysis) is 1. The summed E-state index contributed by atoms with van der Waals surface area (Å²) in [7, 11) is -4.18. The smallest absolute Gasteiger partial charge is 0.407 e. The Labute approximate surface area is 256 Å². The standard InChI is InChI=1S/C29H38ClN3O9S/c30-23-7-6-21(17-25(23)34)43(37,38)33(10-9-32-11-14-39-15-12-32)18-26(35)24(16-20-4-2-1-3-5-20)31-29(36)42-27-19-41-28-22(27)8-13-40-28/h1-7,17,22,24,26-28,34-35H,8-16,18-19H2,(H,31,36)/t22?,24-,26+,27-,28+/m0/s1. The number of nitrogens with zero attached hydrogens (tertiary/aromatic N) is 2. The Hall–Kier alpha value is -2.49. The van der Waals surface area contributed by atoms with Crippen LogP contribution < -0.4 is 5.32 Å². The number of phenols is 1. The number of fused-ring (bicyclic) bond motifs is 1. The van der Waals surface area contributed by atoms with Crippen LogP contribution in [-0.2, 0) is 35.4 Å². The largest absolute Gasteiger partial charge is 0.506 e. The number of morpholine rings is 1. The zero-order valence-electron chi connectivity index (χ0n) is 23.7. The van der Waals surface area contributed by atoms with Gasteiger partial charge >= 0.3 is 6.09 Å². The number of aromatic hydroxyl groups is 1. The second kappa shape index (κ2) is 14.5. The highest BCUT2D eigenvalue weighted by Crippen LogP contribution is 2.33. The molecular formula is C29H38ClN3O9S. The fraction of sp³-hybridized carbons (Fsp3) is 0.552. The van der Waals surface area contributed by atoms with Crippen molar-refractivity contribution in [2.75, 3.05) is 59.2 Å². The van der Waals surface area contributed by atoms with E-state index in [4.69, 9.17) is 30.5 Å². The third kappa shape index (κ3) is 8.17.